The lowest BCUT2D eigenvalue weighted by Gasteiger charge is -2.26. The van der Waals surface area contributed by atoms with Crippen LogP contribution in [0.1, 0.15) is 50.4 Å². The lowest BCUT2D eigenvalue weighted by atomic mass is 10.0. The molecule has 0 spiro atoms. The van der Waals surface area contributed by atoms with Crippen molar-refractivity contribution in [3.8, 4) is 0 Å². The summed E-state index contributed by atoms with van der Waals surface area (Å²) < 4.78 is 0. The number of fused-ring (bicyclic) bond motifs is 1. The quantitative estimate of drug-likeness (QED) is 0.500. The Labute approximate surface area is 208 Å². The molecule has 2 atom stereocenters. The molecule has 8 heteroatoms. The third-order valence-electron chi connectivity index (χ3n) is 6.09. The van der Waals surface area contributed by atoms with E-state index < -0.39 is 35.7 Å². The number of aryl methyl sites for hydroxylation is 2. The van der Waals surface area contributed by atoms with Crippen LogP contribution in [0.4, 0.5) is 5.69 Å². The SMILES string of the molecule is Cc1cccc(C)c1NC(=O)[C@@H](NC(=O)[C@@H](C)N1C(=O)c2ccccc2C1=O)c1ccccc1Cl. The topological polar surface area (TPSA) is 95.6 Å². The Kier molecular flexibility index (Phi) is 6.71. The monoisotopic (exact) mass is 489 g/mol. The molecule has 2 N–H and O–H groups in total. The molecule has 0 fully saturated rings. The van der Waals surface area contributed by atoms with Gasteiger partial charge in [-0.25, -0.2) is 0 Å². The smallest absolute Gasteiger partial charge is 0.262 e. The maximum Gasteiger partial charge on any atom is 0.262 e. The Balaban J connectivity index is 1.62. The summed E-state index contributed by atoms with van der Waals surface area (Å²) in [5.74, 6) is -2.27. The van der Waals surface area contributed by atoms with Gasteiger partial charge in [0.25, 0.3) is 17.7 Å². The number of benzene rings is 3. The molecule has 0 saturated carbocycles. The molecular formula is C27H24ClN3O4. The van der Waals surface area contributed by atoms with E-state index in [1.807, 2.05) is 32.0 Å². The summed E-state index contributed by atoms with van der Waals surface area (Å²) in [4.78, 5) is 53.3. The van der Waals surface area contributed by atoms with Crippen molar-refractivity contribution >= 4 is 40.9 Å². The molecule has 1 aliphatic heterocycles. The molecule has 0 aliphatic carbocycles. The number of nitrogens with one attached hydrogen (secondary N) is 2. The first kappa shape index (κ1) is 24.2. The van der Waals surface area contributed by atoms with Crippen molar-refractivity contribution in [3.63, 3.8) is 0 Å². The van der Waals surface area contributed by atoms with Gasteiger partial charge in [0, 0.05) is 16.3 Å². The Hall–Kier alpha value is -3.97. The number of para-hydroxylation sites is 1. The molecule has 0 bridgehead atoms. The van der Waals surface area contributed by atoms with Gasteiger partial charge in [0.1, 0.15) is 12.1 Å². The lowest BCUT2D eigenvalue weighted by molar-refractivity contribution is -0.129. The molecule has 178 valence electrons. The molecule has 7 nitrogen and oxygen atoms in total. The second-order valence-electron chi connectivity index (χ2n) is 8.42. The number of amides is 4. The first-order valence-electron chi connectivity index (χ1n) is 11.1. The Morgan fingerprint density at radius 2 is 1.34 bits per heavy atom. The zero-order valence-corrected chi connectivity index (χ0v) is 20.2. The molecule has 0 unspecified atom stereocenters. The van der Waals surface area contributed by atoms with E-state index in [-0.39, 0.29) is 11.1 Å². The number of rotatable bonds is 6. The third-order valence-corrected chi connectivity index (χ3v) is 6.43. The zero-order chi connectivity index (χ0) is 25.3. The molecule has 0 aromatic heterocycles. The number of halogens is 1. The average molecular weight is 490 g/mol. The summed E-state index contributed by atoms with van der Waals surface area (Å²) in [6.07, 6.45) is 0. The van der Waals surface area contributed by atoms with Crippen molar-refractivity contribution in [2.45, 2.75) is 32.9 Å². The fraction of sp³-hybridized carbons (Fsp3) is 0.185. The van der Waals surface area contributed by atoms with Gasteiger partial charge < -0.3 is 10.6 Å². The van der Waals surface area contributed by atoms with Gasteiger partial charge >= 0.3 is 0 Å². The van der Waals surface area contributed by atoms with Crippen molar-refractivity contribution in [2.75, 3.05) is 5.32 Å². The van der Waals surface area contributed by atoms with E-state index in [0.29, 0.717) is 16.3 Å². The lowest BCUT2D eigenvalue weighted by Crippen LogP contribution is -2.50. The first-order chi connectivity index (χ1) is 16.7. The van der Waals surface area contributed by atoms with Crippen LogP contribution in [0.2, 0.25) is 5.02 Å². The molecule has 4 rings (SSSR count). The Bertz CT molecular complexity index is 1300. The summed E-state index contributed by atoms with van der Waals surface area (Å²) >= 11 is 6.38. The fourth-order valence-electron chi connectivity index (χ4n) is 4.14. The van der Waals surface area contributed by atoms with E-state index in [4.69, 9.17) is 11.6 Å². The second-order valence-corrected chi connectivity index (χ2v) is 8.83. The van der Waals surface area contributed by atoms with E-state index in [2.05, 4.69) is 10.6 Å². The van der Waals surface area contributed by atoms with Gasteiger partial charge in [-0.05, 0) is 50.1 Å². The number of imide groups is 1. The van der Waals surface area contributed by atoms with Crippen LogP contribution < -0.4 is 10.6 Å². The fourth-order valence-corrected chi connectivity index (χ4v) is 4.39. The van der Waals surface area contributed by atoms with Gasteiger partial charge in [-0.1, -0.05) is 60.1 Å². The molecule has 3 aromatic rings. The minimum Gasteiger partial charge on any atom is -0.339 e. The summed E-state index contributed by atoms with van der Waals surface area (Å²) in [7, 11) is 0. The highest BCUT2D eigenvalue weighted by atomic mass is 35.5. The second kappa shape index (κ2) is 9.72. The summed E-state index contributed by atoms with van der Waals surface area (Å²) in [6, 6.07) is 16.4. The number of hydrogen-bond acceptors (Lipinski definition) is 4. The molecule has 3 aromatic carbocycles. The van der Waals surface area contributed by atoms with Gasteiger partial charge in [-0.3, -0.25) is 24.1 Å². The van der Waals surface area contributed by atoms with Gasteiger partial charge in [0.15, 0.2) is 0 Å². The van der Waals surface area contributed by atoms with E-state index >= 15 is 0 Å². The largest absolute Gasteiger partial charge is 0.339 e. The maximum absolute atomic E-state index is 13.4. The predicted octanol–water partition coefficient (Wildman–Crippen LogP) is 4.44. The molecule has 35 heavy (non-hydrogen) atoms. The van der Waals surface area contributed by atoms with Crippen LogP contribution in [-0.4, -0.2) is 34.6 Å². The number of carbonyl (C=O) groups excluding carboxylic acids is 4. The van der Waals surface area contributed by atoms with Crippen LogP contribution in [-0.2, 0) is 9.59 Å². The van der Waals surface area contributed by atoms with Gasteiger partial charge in [0.05, 0.1) is 11.1 Å². The summed E-state index contributed by atoms with van der Waals surface area (Å²) in [5.41, 5.74) is 3.24. The third kappa shape index (κ3) is 4.55. The van der Waals surface area contributed by atoms with Crippen molar-refractivity contribution in [1.29, 1.82) is 0 Å². The molecule has 4 amide bonds. The van der Waals surface area contributed by atoms with Crippen molar-refractivity contribution < 1.29 is 19.2 Å². The van der Waals surface area contributed by atoms with Crippen molar-refractivity contribution in [3.05, 3.63) is 99.6 Å². The van der Waals surface area contributed by atoms with Crippen LogP contribution >= 0.6 is 11.6 Å². The standard InChI is InChI=1S/C27H24ClN3O4/c1-15-9-8-10-16(2)22(15)29-25(33)23(20-13-6-7-14-21(20)28)30-24(32)17(3)31-26(34)18-11-4-5-12-19(18)27(31)35/h4-14,17,23H,1-3H3,(H,29,33)(H,30,32)/t17-,23+/m1/s1. The maximum atomic E-state index is 13.4. The van der Waals surface area contributed by atoms with Crippen molar-refractivity contribution in [1.82, 2.24) is 10.2 Å². The summed E-state index contributed by atoms with van der Waals surface area (Å²) in [6.45, 7) is 5.19. The van der Waals surface area contributed by atoms with Crippen LogP contribution in [0.15, 0.2) is 66.7 Å². The van der Waals surface area contributed by atoms with Crippen LogP contribution in [0, 0.1) is 13.8 Å². The van der Waals surface area contributed by atoms with Crippen LogP contribution in [0.5, 0.6) is 0 Å². The number of anilines is 1. The van der Waals surface area contributed by atoms with Gasteiger partial charge in [-0.2, -0.15) is 0 Å². The highest BCUT2D eigenvalue weighted by Crippen LogP contribution is 2.28. The Morgan fingerprint density at radius 1 is 0.800 bits per heavy atom. The molecule has 1 heterocycles. The number of hydrogen-bond donors (Lipinski definition) is 2. The molecular weight excluding hydrogens is 466 g/mol. The summed E-state index contributed by atoms with van der Waals surface area (Å²) in [5, 5.41) is 5.88. The van der Waals surface area contributed by atoms with E-state index in [1.54, 1.807) is 48.5 Å². The molecule has 0 radical (unpaired) electrons. The minimum atomic E-state index is -1.16. The normalized spacial score (nSPS) is 14.3. The Morgan fingerprint density at radius 3 is 1.91 bits per heavy atom. The van der Waals surface area contributed by atoms with Crippen LogP contribution in [0.25, 0.3) is 0 Å². The number of carbonyl (C=O) groups is 4. The number of nitrogens with zero attached hydrogens (tertiary/aromatic N) is 1. The van der Waals surface area contributed by atoms with E-state index in [9.17, 15) is 19.2 Å². The highest BCUT2D eigenvalue weighted by molar-refractivity contribution is 6.31. The first-order valence-corrected chi connectivity index (χ1v) is 11.5. The zero-order valence-electron chi connectivity index (χ0n) is 19.5. The van der Waals surface area contributed by atoms with Crippen molar-refractivity contribution in [2.24, 2.45) is 0 Å². The molecule has 1 aliphatic rings. The van der Waals surface area contributed by atoms with Crippen LogP contribution in [0.3, 0.4) is 0 Å². The van der Waals surface area contributed by atoms with Gasteiger partial charge in [-0.15, -0.1) is 0 Å². The van der Waals surface area contributed by atoms with Gasteiger partial charge in [0.2, 0.25) is 5.91 Å². The average Bonchev–Trinajstić information content (AvgIpc) is 3.10. The van der Waals surface area contributed by atoms with E-state index in [0.717, 1.165) is 16.0 Å². The van der Waals surface area contributed by atoms with E-state index in [1.165, 1.54) is 6.92 Å². The minimum absolute atomic E-state index is 0.243. The highest BCUT2D eigenvalue weighted by Gasteiger charge is 2.41. The molecule has 0 saturated heterocycles. The predicted molar refractivity (Wildman–Crippen MR) is 133 cm³/mol.